The van der Waals surface area contributed by atoms with Crippen LogP contribution in [-0.4, -0.2) is 21.9 Å². The number of methoxy groups -OCH3 is 1. The predicted octanol–water partition coefficient (Wildman–Crippen LogP) is 5.18. The van der Waals surface area contributed by atoms with Gasteiger partial charge in [0.15, 0.2) is 5.75 Å². The zero-order valence-corrected chi connectivity index (χ0v) is 16.1. The highest BCUT2D eigenvalue weighted by Crippen LogP contribution is 2.37. The molecule has 28 heavy (non-hydrogen) atoms. The lowest BCUT2D eigenvalue weighted by Crippen LogP contribution is -2.21. The van der Waals surface area contributed by atoms with Crippen molar-refractivity contribution in [1.82, 2.24) is 0 Å². The summed E-state index contributed by atoms with van der Waals surface area (Å²) in [6, 6.07) is 4.67. The fourth-order valence-corrected chi connectivity index (χ4v) is 3.58. The molecule has 0 atom stereocenters. The van der Waals surface area contributed by atoms with Crippen LogP contribution in [0.5, 0.6) is 11.5 Å². The van der Waals surface area contributed by atoms with Crippen molar-refractivity contribution in [2.45, 2.75) is 17.4 Å². The van der Waals surface area contributed by atoms with Crippen LogP contribution in [0.4, 0.5) is 32.0 Å². The van der Waals surface area contributed by atoms with Crippen LogP contribution in [0.1, 0.15) is 5.56 Å². The van der Waals surface area contributed by atoms with Gasteiger partial charge >= 0.3 is 12.5 Å². The second kappa shape index (κ2) is 7.70. The minimum atomic E-state index is -5.20. The van der Waals surface area contributed by atoms with Crippen molar-refractivity contribution >= 4 is 31.6 Å². The first-order valence-electron chi connectivity index (χ1n) is 7.06. The van der Waals surface area contributed by atoms with E-state index < -0.39 is 44.5 Å². The zero-order valence-electron chi connectivity index (χ0n) is 13.7. The maximum absolute atomic E-state index is 12.9. The number of hydrogen-bond donors (Lipinski definition) is 1. The van der Waals surface area contributed by atoms with Crippen molar-refractivity contribution in [2.75, 3.05) is 11.8 Å². The average Bonchev–Trinajstić information content (AvgIpc) is 2.51. The Morgan fingerprint density at radius 1 is 0.964 bits per heavy atom. The molecule has 0 fully saturated rings. The maximum atomic E-state index is 12.9. The molecule has 0 amide bonds. The Morgan fingerprint density at radius 2 is 1.61 bits per heavy atom. The largest absolute Gasteiger partial charge is 0.573 e. The van der Waals surface area contributed by atoms with E-state index in [1.807, 2.05) is 0 Å². The number of sulfonamides is 1. The summed E-state index contributed by atoms with van der Waals surface area (Å²) in [4.78, 5) is -0.938. The van der Waals surface area contributed by atoms with E-state index in [4.69, 9.17) is 4.74 Å². The van der Waals surface area contributed by atoms with Crippen LogP contribution in [0.25, 0.3) is 0 Å². The second-order valence-corrected chi connectivity index (χ2v) is 7.72. The minimum Gasteiger partial charge on any atom is -0.495 e. The van der Waals surface area contributed by atoms with Gasteiger partial charge in [0.1, 0.15) is 10.6 Å². The van der Waals surface area contributed by atoms with Crippen molar-refractivity contribution in [3.05, 3.63) is 46.4 Å². The molecule has 0 heterocycles. The van der Waals surface area contributed by atoms with Crippen molar-refractivity contribution in [1.29, 1.82) is 0 Å². The van der Waals surface area contributed by atoms with Gasteiger partial charge in [-0.15, -0.1) is 13.2 Å². The summed E-state index contributed by atoms with van der Waals surface area (Å²) in [5.74, 6) is -1.34. The normalized spacial score (nSPS) is 12.6. The van der Waals surface area contributed by atoms with Gasteiger partial charge in [0, 0.05) is 4.47 Å². The number of hydrogen-bond acceptors (Lipinski definition) is 4. The summed E-state index contributed by atoms with van der Waals surface area (Å²) in [6.45, 7) is 0. The molecular weight excluding hydrogens is 484 g/mol. The number of nitrogens with one attached hydrogen (secondary N) is 1. The van der Waals surface area contributed by atoms with Gasteiger partial charge in [-0.3, -0.25) is 4.72 Å². The summed E-state index contributed by atoms with van der Waals surface area (Å²) < 4.78 is 112. The molecule has 154 valence electrons. The van der Waals surface area contributed by atoms with Gasteiger partial charge in [-0.2, -0.15) is 13.2 Å². The van der Waals surface area contributed by atoms with E-state index in [1.165, 1.54) is 0 Å². The minimum absolute atomic E-state index is 0.0855. The zero-order chi connectivity index (χ0) is 21.3. The van der Waals surface area contributed by atoms with Gasteiger partial charge in [0.2, 0.25) is 0 Å². The Kier molecular flexibility index (Phi) is 6.09. The SMILES string of the molecule is COc1ccc(C(F)(F)F)cc1NS(=O)(=O)c1ccc(Br)cc1OC(F)(F)F. The lowest BCUT2D eigenvalue weighted by atomic mass is 10.2. The molecule has 0 aliphatic rings. The number of benzene rings is 2. The molecule has 13 heteroatoms. The van der Waals surface area contributed by atoms with Gasteiger partial charge in [-0.1, -0.05) is 15.9 Å². The molecule has 0 spiro atoms. The first kappa shape index (κ1) is 22.1. The van der Waals surface area contributed by atoms with Crippen LogP contribution in [0.2, 0.25) is 0 Å². The van der Waals surface area contributed by atoms with Crippen LogP contribution in [0, 0.1) is 0 Å². The molecule has 2 aromatic rings. The Bertz CT molecular complexity index is 975. The topological polar surface area (TPSA) is 64.6 Å². The Labute approximate surface area is 163 Å². The summed E-state index contributed by atoms with van der Waals surface area (Å²) in [5.41, 5.74) is -1.80. The molecule has 2 aromatic carbocycles. The molecule has 0 bridgehead atoms. The Balaban J connectivity index is 2.53. The lowest BCUT2D eigenvalue weighted by molar-refractivity contribution is -0.275. The molecule has 0 aliphatic carbocycles. The van der Waals surface area contributed by atoms with Gasteiger partial charge in [-0.05, 0) is 36.4 Å². The maximum Gasteiger partial charge on any atom is 0.573 e. The van der Waals surface area contributed by atoms with Crippen molar-refractivity contribution in [2.24, 2.45) is 0 Å². The molecule has 5 nitrogen and oxygen atoms in total. The third kappa shape index (κ3) is 5.44. The van der Waals surface area contributed by atoms with Crippen molar-refractivity contribution in [3.8, 4) is 11.5 Å². The van der Waals surface area contributed by atoms with Crippen LogP contribution < -0.4 is 14.2 Å². The third-order valence-electron chi connectivity index (χ3n) is 3.19. The standard InChI is InChI=1S/C15H10BrF6NO4S/c1-26-11-4-2-8(14(17,18)19)6-10(11)23-28(24,25)13-5-3-9(16)7-12(13)27-15(20,21)22/h2-7,23H,1H3. The number of anilines is 1. The number of ether oxygens (including phenoxy) is 2. The van der Waals surface area contributed by atoms with Gasteiger partial charge in [0.25, 0.3) is 10.0 Å². The second-order valence-electron chi connectivity index (χ2n) is 5.16. The number of alkyl halides is 6. The fourth-order valence-electron chi connectivity index (χ4n) is 2.07. The Morgan fingerprint density at radius 3 is 2.14 bits per heavy atom. The quantitative estimate of drug-likeness (QED) is 0.583. The van der Waals surface area contributed by atoms with E-state index in [2.05, 4.69) is 20.7 Å². The smallest absolute Gasteiger partial charge is 0.495 e. The fraction of sp³-hybridized carbons (Fsp3) is 0.200. The van der Waals surface area contributed by atoms with E-state index in [0.717, 1.165) is 31.4 Å². The average molecular weight is 494 g/mol. The lowest BCUT2D eigenvalue weighted by Gasteiger charge is -2.17. The summed E-state index contributed by atoms with van der Waals surface area (Å²) in [5, 5.41) is 0. The van der Waals surface area contributed by atoms with Crippen molar-refractivity contribution in [3.63, 3.8) is 0 Å². The summed E-state index contributed by atoms with van der Waals surface area (Å²) >= 11 is 2.88. The molecule has 0 aromatic heterocycles. The molecule has 0 saturated carbocycles. The molecule has 0 unspecified atom stereocenters. The molecule has 0 radical (unpaired) electrons. The van der Waals surface area contributed by atoms with Crippen LogP contribution in [-0.2, 0) is 16.2 Å². The Hall–Kier alpha value is -2.15. The van der Waals surface area contributed by atoms with Crippen LogP contribution >= 0.6 is 15.9 Å². The highest BCUT2D eigenvalue weighted by atomic mass is 79.9. The third-order valence-corrected chi connectivity index (χ3v) is 5.09. The van der Waals surface area contributed by atoms with Crippen LogP contribution in [0.3, 0.4) is 0 Å². The van der Waals surface area contributed by atoms with Crippen LogP contribution in [0.15, 0.2) is 45.8 Å². The molecule has 1 N–H and O–H groups in total. The van der Waals surface area contributed by atoms with Gasteiger partial charge in [0.05, 0.1) is 18.4 Å². The van der Waals surface area contributed by atoms with Gasteiger partial charge < -0.3 is 9.47 Å². The highest BCUT2D eigenvalue weighted by molar-refractivity contribution is 9.10. The van der Waals surface area contributed by atoms with E-state index in [1.54, 1.807) is 4.72 Å². The van der Waals surface area contributed by atoms with E-state index in [9.17, 15) is 34.8 Å². The van der Waals surface area contributed by atoms with Gasteiger partial charge in [-0.25, -0.2) is 8.42 Å². The molecular formula is C15H10BrF6NO4S. The summed E-state index contributed by atoms with van der Waals surface area (Å²) in [7, 11) is -3.69. The number of halogens is 7. The first-order chi connectivity index (χ1) is 12.7. The van der Waals surface area contributed by atoms with E-state index in [-0.39, 0.29) is 10.2 Å². The van der Waals surface area contributed by atoms with Crippen molar-refractivity contribution < 1.29 is 44.2 Å². The predicted molar refractivity (Wildman–Crippen MR) is 89.6 cm³/mol. The van der Waals surface area contributed by atoms with E-state index in [0.29, 0.717) is 12.1 Å². The molecule has 0 saturated heterocycles. The summed E-state index contributed by atoms with van der Waals surface area (Å²) in [6.07, 6.45) is -9.98. The monoisotopic (exact) mass is 493 g/mol. The molecule has 2 rings (SSSR count). The number of rotatable bonds is 5. The first-order valence-corrected chi connectivity index (χ1v) is 9.34. The molecule has 0 aliphatic heterocycles. The van der Waals surface area contributed by atoms with E-state index >= 15 is 0 Å². The highest BCUT2D eigenvalue weighted by Gasteiger charge is 2.35.